The Morgan fingerprint density at radius 3 is 2.48 bits per heavy atom. The SMILES string of the molecule is COc1cccc(/C=C/C(=O)OCC(=O)N(C2CC2)[C@@H]2CCS(=O)(=O)C2)c1OC. The third kappa shape index (κ3) is 5.29. The third-order valence-corrected chi connectivity index (χ3v) is 6.75. The van der Waals surface area contributed by atoms with E-state index in [-0.39, 0.29) is 29.5 Å². The maximum absolute atomic E-state index is 12.6. The smallest absolute Gasteiger partial charge is 0.331 e. The number of hydrogen-bond donors (Lipinski definition) is 0. The van der Waals surface area contributed by atoms with Crippen molar-refractivity contribution in [2.45, 2.75) is 31.3 Å². The second-order valence-electron chi connectivity index (χ2n) is 7.11. The Bertz CT molecular complexity index is 905. The summed E-state index contributed by atoms with van der Waals surface area (Å²) in [6.45, 7) is -0.411. The van der Waals surface area contributed by atoms with Gasteiger partial charge >= 0.3 is 5.97 Å². The molecule has 3 rings (SSSR count). The molecule has 1 aromatic carbocycles. The van der Waals surface area contributed by atoms with Crippen molar-refractivity contribution in [2.24, 2.45) is 0 Å². The second kappa shape index (κ2) is 8.86. The van der Waals surface area contributed by atoms with Crippen LogP contribution in [0.3, 0.4) is 0 Å². The first-order valence-electron chi connectivity index (χ1n) is 9.42. The maximum atomic E-state index is 12.6. The zero-order valence-electron chi connectivity index (χ0n) is 16.5. The molecule has 1 aliphatic heterocycles. The van der Waals surface area contributed by atoms with Gasteiger partial charge in [0.25, 0.3) is 5.91 Å². The van der Waals surface area contributed by atoms with Crippen molar-refractivity contribution in [2.75, 3.05) is 32.3 Å². The van der Waals surface area contributed by atoms with Crippen molar-refractivity contribution in [1.29, 1.82) is 0 Å². The number of esters is 1. The fourth-order valence-corrected chi connectivity index (χ4v) is 5.22. The van der Waals surface area contributed by atoms with E-state index in [2.05, 4.69) is 0 Å². The van der Waals surface area contributed by atoms with Gasteiger partial charge in [0.1, 0.15) is 0 Å². The summed E-state index contributed by atoms with van der Waals surface area (Å²) >= 11 is 0. The molecule has 158 valence electrons. The average Bonchev–Trinajstić information content (AvgIpc) is 3.46. The van der Waals surface area contributed by atoms with Crippen LogP contribution in [0.2, 0.25) is 0 Å². The van der Waals surface area contributed by atoms with E-state index >= 15 is 0 Å². The molecule has 0 bridgehead atoms. The Morgan fingerprint density at radius 2 is 1.90 bits per heavy atom. The summed E-state index contributed by atoms with van der Waals surface area (Å²) in [6.07, 6.45) is 4.88. The van der Waals surface area contributed by atoms with E-state index in [1.54, 1.807) is 23.1 Å². The predicted octanol–water partition coefficient (Wildman–Crippen LogP) is 1.44. The highest BCUT2D eigenvalue weighted by Gasteiger charge is 2.42. The van der Waals surface area contributed by atoms with Crippen LogP contribution < -0.4 is 9.47 Å². The Kier molecular flexibility index (Phi) is 6.46. The van der Waals surface area contributed by atoms with Crippen molar-refractivity contribution in [3.8, 4) is 11.5 Å². The van der Waals surface area contributed by atoms with Gasteiger partial charge in [0, 0.05) is 23.7 Å². The number of para-hydroxylation sites is 1. The van der Waals surface area contributed by atoms with Gasteiger partial charge in [-0.25, -0.2) is 13.2 Å². The lowest BCUT2D eigenvalue weighted by Gasteiger charge is -2.28. The summed E-state index contributed by atoms with van der Waals surface area (Å²) in [5.74, 6) is 0.0771. The Balaban J connectivity index is 1.59. The van der Waals surface area contributed by atoms with Gasteiger partial charge in [-0.05, 0) is 31.4 Å². The van der Waals surface area contributed by atoms with Crippen molar-refractivity contribution < 1.29 is 32.2 Å². The average molecular weight is 423 g/mol. The summed E-state index contributed by atoms with van der Waals surface area (Å²) in [6, 6.07) is 4.99. The van der Waals surface area contributed by atoms with E-state index in [0.717, 1.165) is 12.8 Å². The van der Waals surface area contributed by atoms with Gasteiger partial charge in [-0.15, -0.1) is 0 Å². The molecule has 1 amide bonds. The van der Waals surface area contributed by atoms with Crippen molar-refractivity contribution >= 4 is 27.8 Å². The van der Waals surface area contributed by atoms with Crippen LogP contribution in [-0.4, -0.2) is 69.6 Å². The van der Waals surface area contributed by atoms with Crippen molar-refractivity contribution in [1.82, 2.24) is 4.90 Å². The highest BCUT2D eigenvalue weighted by Crippen LogP contribution is 2.33. The van der Waals surface area contributed by atoms with E-state index in [9.17, 15) is 18.0 Å². The molecular formula is C20H25NO7S. The fraction of sp³-hybridized carbons (Fsp3) is 0.500. The molecule has 0 spiro atoms. The van der Waals surface area contributed by atoms with Gasteiger partial charge in [0.15, 0.2) is 27.9 Å². The molecule has 0 unspecified atom stereocenters. The van der Waals surface area contributed by atoms with Crippen LogP contribution in [-0.2, 0) is 24.2 Å². The molecule has 29 heavy (non-hydrogen) atoms. The molecule has 0 N–H and O–H groups in total. The van der Waals surface area contributed by atoms with E-state index in [4.69, 9.17) is 14.2 Å². The third-order valence-electron chi connectivity index (χ3n) is 5.00. The van der Waals surface area contributed by atoms with Gasteiger partial charge in [0.2, 0.25) is 0 Å². The summed E-state index contributed by atoms with van der Waals surface area (Å²) in [7, 11) is -0.0755. The highest BCUT2D eigenvalue weighted by molar-refractivity contribution is 7.91. The Morgan fingerprint density at radius 1 is 1.14 bits per heavy atom. The van der Waals surface area contributed by atoms with Crippen LogP contribution in [0.15, 0.2) is 24.3 Å². The number of sulfone groups is 1. The monoisotopic (exact) mass is 423 g/mol. The largest absolute Gasteiger partial charge is 0.493 e. The molecule has 0 radical (unpaired) electrons. The number of ether oxygens (including phenoxy) is 3. The molecule has 2 fully saturated rings. The Hall–Kier alpha value is -2.55. The predicted molar refractivity (Wildman–Crippen MR) is 106 cm³/mol. The van der Waals surface area contributed by atoms with Crippen LogP contribution >= 0.6 is 0 Å². The number of nitrogens with zero attached hydrogens (tertiary/aromatic N) is 1. The highest BCUT2D eigenvalue weighted by atomic mass is 32.2. The van der Waals surface area contributed by atoms with Gasteiger partial charge in [-0.3, -0.25) is 4.79 Å². The van der Waals surface area contributed by atoms with Gasteiger partial charge in [0.05, 0.1) is 25.7 Å². The molecule has 1 atom stereocenters. The topological polar surface area (TPSA) is 99.2 Å². The van der Waals surface area contributed by atoms with Crippen LogP contribution in [0.1, 0.15) is 24.8 Å². The van der Waals surface area contributed by atoms with Crippen LogP contribution in [0, 0.1) is 0 Å². The number of hydrogen-bond acceptors (Lipinski definition) is 7. The number of carbonyl (C=O) groups is 2. The molecule has 1 heterocycles. The normalized spacial score (nSPS) is 20.4. The summed E-state index contributed by atoms with van der Waals surface area (Å²) in [5, 5.41) is 0. The number of methoxy groups -OCH3 is 2. The van der Waals surface area contributed by atoms with Crippen LogP contribution in [0.4, 0.5) is 0 Å². The molecule has 0 aromatic heterocycles. The zero-order valence-corrected chi connectivity index (χ0v) is 17.3. The molecule has 1 aromatic rings. The van der Waals surface area contributed by atoms with E-state index < -0.39 is 22.4 Å². The first-order chi connectivity index (χ1) is 13.8. The van der Waals surface area contributed by atoms with Crippen molar-refractivity contribution in [3.05, 3.63) is 29.8 Å². The molecule has 8 nitrogen and oxygen atoms in total. The number of benzene rings is 1. The zero-order chi connectivity index (χ0) is 21.0. The fourth-order valence-electron chi connectivity index (χ4n) is 3.51. The second-order valence-corrected chi connectivity index (χ2v) is 9.34. The summed E-state index contributed by atoms with van der Waals surface area (Å²) in [4.78, 5) is 26.2. The number of amides is 1. The lowest BCUT2D eigenvalue weighted by molar-refractivity contribution is -0.149. The lowest BCUT2D eigenvalue weighted by atomic mass is 10.1. The van der Waals surface area contributed by atoms with E-state index in [1.165, 1.54) is 26.4 Å². The minimum atomic E-state index is -3.10. The standard InChI is InChI=1S/C20H25NO7S/c1-26-17-5-3-4-14(20(17)27-2)6-9-19(23)28-12-18(22)21(15-7-8-15)16-10-11-29(24,25)13-16/h3-6,9,15-16H,7-8,10-13H2,1-2H3/b9-6+/t16-/m1/s1. The molecular weight excluding hydrogens is 398 g/mol. The van der Waals surface area contributed by atoms with Crippen LogP contribution in [0.5, 0.6) is 11.5 Å². The minimum absolute atomic E-state index is 0.0152. The molecule has 1 saturated carbocycles. The molecule has 2 aliphatic rings. The van der Waals surface area contributed by atoms with E-state index in [0.29, 0.717) is 23.5 Å². The van der Waals surface area contributed by atoms with Crippen LogP contribution in [0.25, 0.3) is 6.08 Å². The first kappa shape index (κ1) is 21.2. The summed E-state index contributed by atoms with van der Waals surface area (Å²) < 4.78 is 39.1. The van der Waals surface area contributed by atoms with Gasteiger partial charge in [-0.1, -0.05) is 12.1 Å². The number of carbonyl (C=O) groups excluding carboxylic acids is 2. The first-order valence-corrected chi connectivity index (χ1v) is 11.2. The summed E-state index contributed by atoms with van der Waals surface area (Å²) in [5.41, 5.74) is 0.630. The van der Waals surface area contributed by atoms with Gasteiger partial charge in [-0.2, -0.15) is 0 Å². The molecule has 1 saturated heterocycles. The number of rotatable bonds is 8. The van der Waals surface area contributed by atoms with E-state index in [1.807, 2.05) is 0 Å². The van der Waals surface area contributed by atoms with Gasteiger partial charge < -0.3 is 19.1 Å². The lowest BCUT2D eigenvalue weighted by Crippen LogP contribution is -2.44. The molecule has 1 aliphatic carbocycles. The quantitative estimate of drug-likeness (QED) is 0.461. The Labute approximate surface area is 170 Å². The molecule has 9 heteroatoms. The minimum Gasteiger partial charge on any atom is -0.493 e. The van der Waals surface area contributed by atoms with Crippen molar-refractivity contribution in [3.63, 3.8) is 0 Å². The maximum Gasteiger partial charge on any atom is 0.331 e.